The van der Waals surface area contributed by atoms with E-state index in [1.165, 1.54) is 0 Å². The molecule has 1 aromatic carbocycles. The SMILES string of the molecule is NN=NC=NCC(O)(c1ccc(F)cc1F)C(F)(F)c1ccc(Oc2ncc(C(F)(F)F)cc2Cl)cn1. The summed E-state index contributed by atoms with van der Waals surface area (Å²) in [4.78, 5) is 10.4. The normalized spacial score (nSPS) is 14.3. The molecule has 2 aromatic heterocycles. The Bertz CT molecular complexity index is 1320. The summed E-state index contributed by atoms with van der Waals surface area (Å²) < 4.78 is 102. The quantitative estimate of drug-likeness (QED) is 0.0951. The molecule has 3 rings (SSSR count). The first kappa shape index (κ1) is 27.7. The van der Waals surface area contributed by atoms with Gasteiger partial charge in [0.15, 0.2) is 5.60 Å². The molecule has 3 N–H and O–H groups in total. The monoisotopic (exact) mass is 550 g/mol. The molecule has 2 heterocycles. The summed E-state index contributed by atoms with van der Waals surface area (Å²) in [5.74, 6) is -2.85. The van der Waals surface area contributed by atoms with Crippen molar-refractivity contribution in [1.82, 2.24) is 9.97 Å². The minimum atomic E-state index is -4.71. The second-order valence-electron chi connectivity index (χ2n) is 7.24. The van der Waals surface area contributed by atoms with E-state index in [4.69, 9.17) is 22.2 Å². The number of aliphatic imine (C=N–C) groups is 1. The van der Waals surface area contributed by atoms with Crippen LogP contribution in [0.25, 0.3) is 0 Å². The fraction of sp³-hybridized carbons (Fsp3) is 0.190. The summed E-state index contributed by atoms with van der Waals surface area (Å²) >= 11 is 5.76. The predicted octanol–water partition coefficient (Wildman–Crippen LogP) is 5.55. The van der Waals surface area contributed by atoms with Crippen LogP contribution >= 0.6 is 11.6 Å². The van der Waals surface area contributed by atoms with E-state index in [1.807, 2.05) is 0 Å². The highest BCUT2D eigenvalue weighted by atomic mass is 35.5. The fourth-order valence-electron chi connectivity index (χ4n) is 3.02. The molecule has 196 valence electrons. The summed E-state index contributed by atoms with van der Waals surface area (Å²) in [6.07, 6.45) is -2.87. The highest BCUT2D eigenvalue weighted by molar-refractivity contribution is 6.31. The second kappa shape index (κ2) is 10.6. The van der Waals surface area contributed by atoms with E-state index >= 15 is 8.78 Å². The van der Waals surface area contributed by atoms with Crippen LogP contribution in [0.4, 0.5) is 30.7 Å². The number of aromatic nitrogens is 2. The maximum atomic E-state index is 15.6. The first-order chi connectivity index (χ1) is 17.3. The van der Waals surface area contributed by atoms with E-state index in [9.17, 15) is 27.1 Å². The Morgan fingerprint density at radius 1 is 1.03 bits per heavy atom. The number of nitrogens with two attached hydrogens (primary N) is 1. The van der Waals surface area contributed by atoms with Crippen LogP contribution in [0.15, 0.2) is 64.1 Å². The van der Waals surface area contributed by atoms with Gasteiger partial charge in [0, 0.05) is 17.8 Å². The Kier molecular flexibility index (Phi) is 7.97. The average molecular weight is 551 g/mol. The zero-order chi connectivity index (χ0) is 27.4. The first-order valence-corrected chi connectivity index (χ1v) is 10.2. The number of hydrogen-bond donors (Lipinski definition) is 2. The van der Waals surface area contributed by atoms with E-state index in [0.29, 0.717) is 42.9 Å². The van der Waals surface area contributed by atoms with E-state index in [1.54, 1.807) is 0 Å². The van der Waals surface area contributed by atoms with E-state index < -0.39 is 63.6 Å². The molecular formula is C21H14ClF7N6O2. The van der Waals surface area contributed by atoms with Gasteiger partial charge in [0.2, 0.25) is 5.88 Å². The number of pyridine rings is 2. The van der Waals surface area contributed by atoms with Gasteiger partial charge in [0.1, 0.15) is 34.4 Å². The Morgan fingerprint density at radius 3 is 2.32 bits per heavy atom. The molecule has 0 aliphatic carbocycles. The second-order valence-corrected chi connectivity index (χ2v) is 7.64. The van der Waals surface area contributed by atoms with Crippen molar-refractivity contribution in [2.75, 3.05) is 6.54 Å². The van der Waals surface area contributed by atoms with Crippen LogP contribution in [0.1, 0.15) is 16.8 Å². The highest BCUT2D eigenvalue weighted by Gasteiger charge is 2.57. The van der Waals surface area contributed by atoms with Crippen LogP contribution < -0.4 is 10.6 Å². The maximum Gasteiger partial charge on any atom is 0.417 e. The van der Waals surface area contributed by atoms with Crippen LogP contribution in [0.5, 0.6) is 11.6 Å². The van der Waals surface area contributed by atoms with Gasteiger partial charge in [-0.2, -0.15) is 22.0 Å². The van der Waals surface area contributed by atoms with E-state index in [-0.39, 0.29) is 5.75 Å². The van der Waals surface area contributed by atoms with Crippen molar-refractivity contribution >= 4 is 17.9 Å². The lowest BCUT2D eigenvalue weighted by Gasteiger charge is -2.34. The molecule has 0 spiro atoms. The third-order valence-electron chi connectivity index (χ3n) is 4.82. The number of hydrogen-bond acceptors (Lipinski definition) is 6. The number of rotatable bonds is 8. The zero-order valence-electron chi connectivity index (χ0n) is 18.1. The van der Waals surface area contributed by atoms with Gasteiger partial charge in [-0.1, -0.05) is 16.8 Å². The molecule has 1 atom stereocenters. The van der Waals surface area contributed by atoms with Gasteiger partial charge in [-0.25, -0.2) is 13.8 Å². The Morgan fingerprint density at radius 2 is 1.76 bits per heavy atom. The first-order valence-electron chi connectivity index (χ1n) is 9.81. The average Bonchev–Trinajstić information content (AvgIpc) is 2.82. The summed E-state index contributed by atoms with van der Waals surface area (Å²) in [7, 11) is 0. The molecule has 0 saturated carbocycles. The summed E-state index contributed by atoms with van der Waals surface area (Å²) in [6.45, 7) is -1.17. The number of alkyl halides is 5. The Balaban J connectivity index is 1.95. The third kappa shape index (κ3) is 5.94. The molecule has 0 aliphatic rings. The molecule has 1 unspecified atom stereocenters. The number of ether oxygens (including phenoxy) is 1. The fourth-order valence-corrected chi connectivity index (χ4v) is 3.23. The van der Waals surface area contributed by atoms with Gasteiger partial charge in [-0.15, -0.1) is 5.11 Å². The van der Waals surface area contributed by atoms with Crippen LogP contribution in [0, 0.1) is 11.6 Å². The van der Waals surface area contributed by atoms with Gasteiger partial charge >= 0.3 is 12.1 Å². The maximum absolute atomic E-state index is 15.6. The summed E-state index contributed by atoms with van der Waals surface area (Å²) in [6, 6.07) is 3.76. The number of aliphatic hydroxyl groups is 1. The van der Waals surface area contributed by atoms with Crippen LogP contribution in [-0.2, 0) is 17.7 Å². The van der Waals surface area contributed by atoms with Crippen LogP contribution in [0.3, 0.4) is 0 Å². The van der Waals surface area contributed by atoms with Gasteiger partial charge in [0.05, 0.1) is 18.3 Å². The minimum absolute atomic E-state index is 0.258. The molecule has 8 nitrogen and oxygen atoms in total. The zero-order valence-corrected chi connectivity index (χ0v) is 18.9. The third-order valence-corrected chi connectivity index (χ3v) is 5.09. The van der Waals surface area contributed by atoms with Gasteiger partial charge in [-0.3, -0.25) is 9.98 Å². The number of nitrogens with zero attached hydrogens (tertiary/aromatic N) is 5. The molecule has 16 heteroatoms. The largest absolute Gasteiger partial charge is 0.436 e. The minimum Gasteiger partial charge on any atom is -0.436 e. The van der Waals surface area contributed by atoms with Gasteiger partial charge in [0.25, 0.3) is 0 Å². The van der Waals surface area contributed by atoms with Crippen LogP contribution in [-0.4, -0.2) is 28.0 Å². The molecule has 0 amide bonds. The molecule has 37 heavy (non-hydrogen) atoms. The van der Waals surface area contributed by atoms with Crippen molar-refractivity contribution in [2.45, 2.75) is 17.7 Å². The van der Waals surface area contributed by atoms with Crippen molar-refractivity contribution in [3.63, 3.8) is 0 Å². The number of benzene rings is 1. The topological polar surface area (TPSA) is 118 Å². The standard InChI is InChI=1S/C21H14ClF7N6O2/c22-15-5-11(21(27,28)29)7-33-18(15)37-13-2-4-17(32-8-13)20(25,26)19(36,9-31-10-34-35-30)14-3-1-12(23)6-16(14)24/h1-8,10,36H,9H2,(H2,30,31,34). The van der Waals surface area contributed by atoms with Crippen molar-refractivity contribution in [3.05, 3.63) is 82.3 Å². The van der Waals surface area contributed by atoms with Crippen LogP contribution in [0.2, 0.25) is 5.02 Å². The van der Waals surface area contributed by atoms with Gasteiger partial charge < -0.3 is 15.7 Å². The summed E-state index contributed by atoms with van der Waals surface area (Å²) in [5.41, 5.74) is -6.61. The highest BCUT2D eigenvalue weighted by Crippen LogP contribution is 2.46. The van der Waals surface area contributed by atoms with Crippen molar-refractivity contribution in [3.8, 4) is 11.6 Å². The van der Waals surface area contributed by atoms with E-state index in [0.717, 1.165) is 12.3 Å². The molecule has 0 aliphatic heterocycles. The Labute approximate surface area is 208 Å². The molecular weight excluding hydrogens is 537 g/mol. The molecule has 0 bridgehead atoms. The lowest BCUT2D eigenvalue weighted by atomic mass is 9.84. The molecule has 0 radical (unpaired) electrons. The smallest absolute Gasteiger partial charge is 0.417 e. The van der Waals surface area contributed by atoms with Crippen molar-refractivity contribution in [1.29, 1.82) is 0 Å². The lowest BCUT2D eigenvalue weighted by Crippen LogP contribution is -2.47. The lowest BCUT2D eigenvalue weighted by molar-refractivity contribution is -0.193. The molecule has 0 fully saturated rings. The van der Waals surface area contributed by atoms with Crippen molar-refractivity contribution in [2.24, 2.45) is 21.2 Å². The predicted molar refractivity (Wildman–Crippen MR) is 115 cm³/mol. The van der Waals surface area contributed by atoms with Crippen molar-refractivity contribution < 1.29 is 40.6 Å². The molecule has 0 saturated heterocycles. The van der Waals surface area contributed by atoms with Gasteiger partial charge in [-0.05, 0) is 30.3 Å². The van der Waals surface area contributed by atoms with E-state index in [2.05, 4.69) is 25.3 Å². The Hall–Kier alpha value is -3.85. The summed E-state index contributed by atoms with van der Waals surface area (Å²) in [5, 5.41) is 16.4. The number of halogens is 8. The molecule has 3 aromatic rings.